The average Bonchev–Trinajstić information content (AvgIpc) is 3.31. The highest BCUT2D eigenvalue weighted by Crippen LogP contribution is 2.35. The Hall–Kier alpha value is -2.41. The molecule has 4 nitrogen and oxygen atoms in total. The van der Waals surface area contributed by atoms with Crippen molar-refractivity contribution < 1.29 is 8.42 Å². The van der Waals surface area contributed by atoms with Gasteiger partial charge in [-0.15, -0.1) is 11.3 Å². The van der Waals surface area contributed by atoms with E-state index >= 15 is 0 Å². The van der Waals surface area contributed by atoms with E-state index in [-0.39, 0.29) is 0 Å². The summed E-state index contributed by atoms with van der Waals surface area (Å²) in [6, 6.07) is 17.3. The first-order valence-corrected chi connectivity index (χ1v) is 11.1. The van der Waals surface area contributed by atoms with E-state index in [9.17, 15) is 8.42 Å². The minimum Gasteiger partial charge on any atom is -0.313 e. The first-order chi connectivity index (χ1) is 13.1. The highest BCUT2D eigenvalue weighted by Gasteiger charge is 2.24. The van der Waals surface area contributed by atoms with Crippen LogP contribution >= 0.6 is 11.3 Å². The second-order valence-electron chi connectivity index (χ2n) is 6.65. The number of nitrogens with one attached hydrogen (secondary N) is 1. The number of fused-ring (bicyclic) bond motifs is 2. The van der Waals surface area contributed by atoms with Crippen LogP contribution in [0.2, 0.25) is 0 Å². The third-order valence-electron chi connectivity index (χ3n) is 5.00. The second kappa shape index (κ2) is 6.34. The lowest BCUT2D eigenvalue weighted by atomic mass is 10.00. The smallest absolute Gasteiger partial charge is 0.277 e. The molecule has 0 radical (unpaired) electrons. The van der Waals surface area contributed by atoms with Crippen molar-refractivity contribution in [3.8, 4) is 0 Å². The van der Waals surface area contributed by atoms with Gasteiger partial charge in [0.05, 0.1) is 5.52 Å². The maximum atomic E-state index is 13.5. The fourth-order valence-electron chi connectivity index (χ4n) is 3.65. The molecule has 0 saturated heterocycles. The van der Waals surface area contributed by atoms with E-state index in [0.717, 1.165) is 46.1 Å². The molecule has 0 saturated carbocycles. The fraction of sp³-hybridized carbons (Fsp3) is 0.143. The fourth-order valence-corrected chi connectivity index (χ4v) is 6.51. The Morgan fingerprint density at radius 2 is 1.85 bits per heavy atom. The molecule has 6 heteroatoms. The molecule has 1 aliphatic heterocycles. The molecule has 5 rings (SSSR count). The van der Waals surface area contributed by atoms with Crippen LogP contribution in [0.1, 0.15) is 12.0 Å². The molecule has 0 amide bonds. The number of rotatable bonds is 3. The number of nitrogens with zero attached hydrogens (tertiary/aromatic N) is 1. The van der Waals surface area contributed by atoms with Crippen molar-refractivity contribution in [1.29, 1.82) is 0 Å². The van der Waals surface area contributed by atoms with Gasteiger partial charge in [0.25, 0.3) is 10.0 Å². The zero-order valence-electron chi connectivity index (χ0n) is 14.6. The quantitative estimate of drug-likeness (QED) is 0.558. The SMILES string of the molecule is O=S(=O)(c1cc2ccccc2s1)n1cc(C2=CCNCC2)c2ccccc21. The molecule has 27 heavy (non-hydrogen) atoms. The average molecular weight is 395 g/mol. The molecule has 1 aliphatic rings. The molecule has 0 atom stereocenters. The Labute approximate surface area is 161 Å². The summed E-state index contributed by atoms with van der Waals surface area (Å²) in [6.45, 7) is 1.73. The molecule has 0 unspecified atom stereocenters. The number of hydrogen-bond acceptors (Lipinski definition) is 4. The summed E-state index contributed by atoms with van der Waals surface area (Å²) in [4.78, 5) is 0. The van der Waals surface area contributed by atoms with E-state index in [4.69, 9.17) is 0 Å². The summed E-state index contributed by atoms with van der Waals surface area (Å²) in [5.41, 5.74) is 2.94. The van der Waals surface area contributed by atoms with E-state index in [1.54, 1.807) is 12.3 Å². The Kier molecular flexibility index (Phi) is 3.93. The maximum Gasteiger partial charge on any atom is 0.277 e. The van der Waals surface area contributed by atoms with Crippen LogP contribution in [-0.4, -0.2) is 25.5 Å². The van der Waals surface area contributed by atoms with E-state index in [2.05, 4.69) is 11.4 Å². The zero-order valence-corrected chi connectivity index (χ0v) is 16.2. The van der Waals surface area contributed by atoms with Crippen molar-refractivity contribution in [2.75, 3.05) is 13.1 Å². The monoisotopic (exact) mass is 394 g/mol. The van der Waals surface area contributed by atoms with Crippen molar-refractivity contribution in [2.24, 2.45) is 0 Å². The van der Waals surface area contributed by atoms with Crippen LogP contribution in [0.3, 0.4) is 0 Å². The molecule has 4 aromatic rings. The summed E-state index contributed by atoms with van der Waals surface area (Å²) in [5, 5.41) is 5.25. The van der Waals surface area contributed by atoms with Crippen LogP contribution in [0, 0.1) is 0 Å². The van der Waals surface area contributed by atoms with Crippen molar-refractivity contribution in [3.05, 3.63) is 72.4 Å². The molecule has 0 bridgehead atoms. The molecule has 1 N–H and O–H groups in total. The van der Waals surface area contributed by atoms with Crippen LogP contribution in [0.15, 0.2) is 71.1 Å². The van der Waals surface area contributed by atoms with Crippen LogP contribution < -0.4 is 5.32 Å². The van der Waals surface area contributed by atoms with Crippen LogP contribution in [-0.2, 0) is 10.0 Å². The molecular weight excluding hydrogens is 376 g/mol. The highest BCUT2D eigenvalue weighted by molar-refractivity contribution is 7.92. The maximum absolute atomic E-state index is 13.5. The lowest BCUT2D eigenvalue weighted by Crippen LogP contribution is -2.20. The number of aromatic nitrogens is 1. The Morgan fingerprint density at radius 1 is 1.04 bits per heavy atom. The van der Waals surface area contributed by atoms with Crippen LogP contribution in [0.4, 0.5) is 0 Å². The van der Waals surface area contributed by atoms with Gasteiger partial charge in [0.2, 0.25) is 0 Å². The van der Waals surface area contributed by atoms with Gasteiger partial charge in [-0.1, -0.05) is 42.5 Å². The summed E-state index contributed by atoms with van der Waals surface area (Å²) >= 11 is 1.32. The molecule has 0 spiro atoms. The number of hydrogen-bond donors (Lipinski definition) is 1. The predicted octanol–water partition coefficient (Wildman–Crippen LogP) is 4.47. The van der Waals surface area contributed by atoms with Gasteiger partial charge in [0.1, 0.15) is 4.21 Å². The van der Waals surface area contributed by atoms with Crippen molar-refractivity contribution in [3.63, 3.8) is 0 Å². The number of para-hydroxylation sites is 1. The van der Waals surface area contributed by atoms with E-state index < -0.39 is 10.0 Å². The van der Waals surface area contributed by atoms with Gasteiger partial charge in [0.15, 0.2) is 0 Å². The minimum atomic E-state index is -3.65. The minimum absolute atomic E-state index is 0.371. The molecular formula is C21H18N2O2S2. The van der Waals surface area contributed by atoms with Gasteiger partial charge >= 0.3 is 0 Å². The molecule has 0 aliphatic carbocycles. The molecule has 136 valence electrons. The Balaban J connectivity index is 1.73. The summed E-state index contributed by atoms with van der Waals surface area (Å²) in [6.07, 6.45) is 4.85. The molecule has 2 aromatic carbocycles. The van der Waals surface area contributed by atoms with Gasteiger partial charge < -0.3 is 5.32 Å². The Morgan fingerprint density at radius 3 is 2.67 bits per heavy atom. The molecule has 0 fully saturated rings. The van der Waals surface area contributed by atoms with Crippen molar-refractivity contribution >= 4 is 47.9 Å². The standard InChI is InChI=1S/C21H18N2O2S2/c24-27(25,21-13-16-5-1-4-8-20(16)26-21)23-14-18(15-9-11-22-12-10-15)17-6-2-3-7-19(17)23/h1-9,13-14,22H,10-12H2. The lowest BCUT2D eigenvalue weighted by molar-refractivity contribution is 0.591. The van der Waals surface area contributed by atoms with E-state index in [0.29, 0.717) is 4.21 Å². The first kappa shape index (κ1) is 16.7. The van der Waals surface area contributed by atoms with E-state index in [1.165, 1.54) is 20.9 Å². The third kappa shape index (κ3) is 2.72. The van der Waals surface area contributed by atoms with Gasteiger partial charge in [-0.25, -0.2) is 3.97 Å². The number of benzene rings is 2. The van der Waals surface area contributed by atoms with Gasteiger partial charge in [-0.2, -0.15) is 8.42 Å². The highest BCUT2D eigenvalue weighted by atomic mass is 32.2. The Bertz CT molecular complexity index is 1260. The largest absolute Gasteiger partial charge is 0.313 e. The van der Waals surface area contributed by atoms with Crippen molar-refractivity contribution in [2.45, 2.75) is 10.6 Å². The summed E-state index contributed by atoms with van der Waals surface area (Å²) < 4.78 is 29.7. The van der Waals surface area contributed by atoms with Crippen LogP contribution in [0.25, 0.3) is 26.6 Å². The van der Waals surface area contributed by atoms with E-state index in [1.807, 2.05) is 48.5 Å². The second-order valence-corrected chi connectivity index (χ2v) is 9.77. The summed E-state index contributed by atoms with van der Waals surface area (Å²) in [5.74, 6) is 0. The molecule has 3 heterocycles. The molecule has 2 aromatic heterocycles. The lowest BCUT2D eigenvalue weighted by Gasteiger charge is -2.13. The topological polar surface area (TPSA) is 51.1 Å². The van der Waals surface area contributed by atoms with Gasteiger partial charge in [-0.05, 0) is 42.1 Å². The van der Waals surface area contributed by atoms with Crippen LogP contribution in [0.5, 0.6) is 0 Å². The van der Waals surface area contributed by atoms with Gasteiger partial charge in [0, 0.05) is 28.4 Å². The summed E-state index contributed by atoms with van der Waals surface area (Å²) in [7, 11) is -3.65. The third-order valence-corrected chi connectivity index (χ3v) is 8.24. The first-order valence-electron chi connectivity index (χ1n) is 8.89. The van der Waals surface area contributed by atoms with Crippen molar-refractivity contribution in [1.82, 2.24) is 9.29 Å². The normalized spacial score (nSPS) is 15.3. The predicted molar refractivity (Wildman–Crippen MR) is 112 cm³/mol. The van der Waals surface area contributed by atoms with Gasteiger partial charge in [-0.3, -0.25) is 0 Å². The zero-order chi connectivity index (χ0) is 18.4. The number of thiophene rings is 1.